The van der Waals surface area contributed by atoms with Gasteiger partial charge < -0.3 is 34.4 Å². The van der Waals surface area contributed by atoms with Crippen molar-refractivity contribution in [3.05, 3.63) is 36.5 Å². The molecule has 200 valence electrons. The molecule has 11 nitrogen and oxygen atoms in total. The first-order valence-corrected chi connectivity index (χ1v) is 12.0. The Balaban J connectivity index is -0.000000188. The number of carbonyl (C=O) groups is 3. The normalized spacial score (nSPS) is 11.0. The van der Waals surface area contributed by atoms with Crippen LogP contribution >= 0.6 is 7.82 Å². The van der Waals surface area contributed by atoms with Gasteiger partial charge in [0, 0.05) is 23.8 Å². The molecule has 34 heavy (non-hydrogen) atoms. The lowest BCUT2D eigenvalue weighted by molar-refractivity contribution is -0.139. The topological polar surface area (TPSA) is 188 Å². The van der Waals surface area contributed by atoms with Crippen LogP contribution in [0.3, 0.4) is 0 Å². The Hall–Kier alpha value is -2.30. The molecule has 1 unspecified atom stereocenters. The average Bonchev–Trinajstić information content (AvgIpc) is 2.76. The molecular weight excluding hydrogens is 471 g/mol. The van der Waals surface area contributed by atoms with Crippen molar-refractivity contribution < 1.29 is 53.3 Å². The molecule has 0 rings (SSSR count). The van der Waals surface area contributed by atoms with Gasteiger partial charge in [-0.25, -0.2) is 18.9 Å². The number of hydrogen-bond acceptors (Lipinski definition) is 7. The number of rotatable bonds is 11. The molecule has 0 aliphatic carbocycles. The number of aliphatic hydroxyl groups is 1. The molecule has 1 atom stereocenters. The van der Waals surface area contributed by atoms with Crippen LogP contribution in [0.1, 0.15) is 59.8 Å². The maximum absolute atomic E-state index is 10.8. The van der Waals surface area contributed by atoms with Gasteiger partial charge >= 0.3 is 25.7 Å². The first kappa shape index (κ1) is 38.9. The standard InChI is InChI=1S/C11H20O2.C6H10O3.C5H8O2.H3O4P/c1-4-7-8-10(5-2)9-13-11(12)6-3;1-5(6(8)9)3-2-4-7;1-4(2)5(6)7-3;1-5(2,3)4/h6,10H,3-5,7-9H2,1-2H3;3,7H,2,4H2,1H3,(H,8,9);1H2,2-3H3;(H3,1,2,3,4). The highest BCUT2D eigenvalue weighted by molar-refractivity contribution is 7.45. The summed E-state index contributed by atoms with van der Waals surface area (Å²) in [6.45, 7) is 14.6. The van der Waals surface area contributed by atoms with Crippen molar-refractivity contribution in [3.8, 4) is 0 Å². The molecule has 0 amide bonds. The van der Waals surface area contributed by atoms with Crippen molar-refractivity contribution in [2.45, 2.75) is 59.8 Å². The van der Waals surface area contributed by atoms with Crippen LogP contribution < -0.4 is 0 Å². The van der Waals surface area contributed by atoms with Crippen molar-refractivity contribution >= 4 is 25.7 Å². The van der Waals surface area contributed by atoms with Crippen molar-refractivity contribution in [1.82, 2.24) is 0 Å². The third-order valence-electron chi connectivity index (χ3n) is 3.62. The third kappa shape index (κ3) is 40.1. The smallest absolute Gasteiger partial charge is 0.466 e. The predicted molar refractivity (Wildman–Crippen MR) is 129 cm³/mol. The SMILES string of the molecule is C=C(C)C(=O)OC.C=CC(=O)OCC(CC)CCCC.CC(=CCCO)C(=O)O.O=P(O)(O)O. The fourth-order valence-electron chi connectivity index (χ4n) is 1.70. The molecular formula is C22H41O11P. The minimum atomic E-state index is -4.64. The van der Waals surface area contributed by atoms with Crippen LogP contribution in [0.25, 0.3) is 0 Å². The largest absolute Gasteiger partial charge is 0.478 e. The first-order chi connectivity index (χ1) is 15.6. The molecule has 0 aromatic rings. The van der Waals surface area contributed by atoms with E-state index >= 15 is 0 Å². The molecule has 12 heteroatoms. The number of carboxylic acids is 1. The highest BCUT2D eigenvalue weighted by Gasteiger charge is 2.07. The molecule has 0 aromatic heterocycles. The Kier molecular flexibility index (Phi) is 29.0. The molecule has 0 aliphatic rings. The second-order valence-corrected chi connectivity index (χ2v) is 7.77. The first-order valence-electron chi connectivity index (χ1n) is 10.4. The molecule has 0 saturated heterocycles. The minimum Gasteiger partial charge on any atom is -0.478 e. The Morgan fingerprint density at radius 2 is 1.62 bits per heavy atom. The van der Waals surface area contributed by atoms with E-state index in [-0.39, 0.29) is 24.1 Å². The van der Waals surface area contributed by atoms with Crippen LogP contribution in [0, 0.1) is 5.92 Å². The number of ether oxygens (including phenoxy) is 2. The maximum Gasteiger partial charge on any atom is 0.466 e. The molecule has 0 aromatic carbocycles. The quantitative estimate of drug-likeness (QED) is 0.155. The Labute approximate surface area is 202 Å². The van der Waals surface area contributed by atoms with E-state index in [1.807, 2.05) is 0 Å². The van der Waals surface area contributed by atoms with E-state index in [4.69, 9.17) is 34.2 Å². The van der Waals surface area contributed by atoms with Crippen molar-refractivity contribution in [2.75, 3.05) is 20.3 Å². The van der Waals surface area contributed by atoms with Crippen LogP contribution in [-0.2, 0) is 28.4 Å². The number of hydrogen-bond donors (Lipinski definition) is 5. The van der Waals surface area contributed by atoms with E-state index in [1.165, 1.54) is 39.0 Å². The van der Waals surface area contributed by atoms with E-state index in [0.29, 0.717) is 24.5 Å². The zero-order valence-electron chi connectivity index (χ0n) is 20.7. The number of methoxy groups -OCH3 is 1. The van der Waals surface area contributed by atoms with E-state index in [9.17, 15) is 14.4 Å². The highest BCUT2D eigenvalue weighted by atomic mass is 31.2. The zero-order chi connectivity index (χ0) is 27.7. The summed E-state index contributed by atoms with van der Waals surface area (Å²) >= 11 is 0. The van der Waals surface area contributed by atoms with Gasteiger partial charge in [0.15, 0.2) is 0 Å². The average molecular weight is 513 g/mol. The number of carboxylic acid groups (broad SMARTS) is 1. The summed E-state index contributed by atoms with van der Waals surface area (Å²) in [5, 5.41) is 16.5. The van der Waals surface area contributed by atoms with Gasteiger partial charge in [-0.1, -0.05) is 52.3 Å². The number of esters is 2. The van der Waals surface area contributed by atoms with Gasteiger partial charge in [0.2, 0.25) is 0 Å². The van der Waals surface area contributed by atoms with Gasteiger partial charge in [0.05, 0.1) is 13.7 Å². The van der Waals surface area contributed by atoms with Gasteiger partial charge in [-0.3, -0.25) is 0 Å². The molecule has 0 bridgehead atoms. The summed E-state index contributed by atoms with van der Waals surface area (Å²) in [6.07, 6.45) is 7.75. The second-order valence-electron chi connectivity index (χ2n) is 6.74. The summed E-state index contributed by atoms with van der Waals surface area (Å²) in [5.74, 6) is -1.07. The number of aliphatic hydroxyl groups excluding tert-OH is 1. The fourth-order valence-corrected chi connectivity index (χ4v) is 1.70. The molecule has 0 fully saturated rings. The Bertz CT molecular complexity index is 657. The summed E-state index contributed by atoms with van der Waals surface area (Å²) in [7, 11) is -3.31. The summed E-state index contributed by atoms with van der Waals surface area (Å²) in [5.41, 5.74) is 0.714. The van der Waals surface area contributed by atoms with E-state index in [2.05, 4.69) is 31.7 Å². The summed E-state index contributed by atoms with van der Waals surface area (Å²) in [6, 6.07) is 0. The molecule has 0 heterocycles. The molecule has 0 radical (unpaired) electrons. The third-order valence-corrected chi connectivity index (χ3v) is 3.62. The molecule has 5 N–H and O–H groups in total. The number of carbonyl (C=O) groups excluding carboxylic acids is 2. The van der Waals surface area contributed by atoms with Crippen LogP contribution in [0.15, 0.2) is 36.5 Å². The molecule has 0 aliphatic heterocycles. The van der Waals surface area contributed by atoms with Crippen LogP contribution in [-0.4, -0.2) is 63.1 Å². The van der Waals surface area contributed by atoms with Gasteiger partial charge in [-0.2, -0.15) is 0 Å². The zero-order valence-corrected chi connectivity index (χ0v) is 21.6. The number of phosphoric acid groups is 1. The number of unbranched alkanes of at least 4 members (excludes halogenated alkanes) is 1. The molecule has 0 saturated carbocycles. The van der Waals surface area contributed by atoms with Crippen LogP contribution in [0.2, 0.25) is 0 Å². The van der Waals surface area contributed by atoms with Gasteiger partial charge in [0.25, 0.3) is 0 Å². The van der Waals surface area contributed by atoms with Crippen LogP contribution in [0.5, 0.6) is 0 Å². The fraction of sp³-hybridized carbons (Fsp3) is 0.591. The van der Waals surface area contributed by atoms with E-state index < -0.39 is 13.8 Å². The van der Waals surface area contributed by atoms with Gasteiger partial charge in [0.1, 0.15) is 0 Å². The van der Waals surface area contributed by atoms with Crippen LogP contribution in [0.4, 0.5) is 0 Å². The Morgan fingerprint density at radius 3 is 1.88 bits per heavy atom. The summed E-state index contributed by atoms with van der Waals surface area (Å²) < 4.78 is 18.1. The molecule has 0 spiro atoms. The van der Waals surface area contributed by atoms with Gasteiger partial charge in [-0.15, -0.1) is 0 Å². The number of aliphatic carboxylic acids is 1. The van der Waals surface area contributed by atoms with Crippen molar-refractivity contribution in [3.63, 3.8) is 0 Å². The minimum absolute atomic E-state index is 0.00458. The van der Waals surface area contributed by atoms with E-state index in [0.717, 1.165) is 12.8 Å². The lowest BCUT2D eigenvalue weighted by Gasteiger charge is -2.13. The highest BCUT2D eigenvalue weighted by Crippen LogP contribution is 2.25. The lowest BCUT2D eigenvalue weighted by atomic mass is 10.0. The van der Waals surface area contributed by atoms with Gasteiger partial charge in [-0.05, 0) is 32.6 Å². The Morgan fingerprint density at radius 1 is 1.12 bits per heavy atom. The maximum atomic E-state index is 10.8. The predicted octanol–water partition coefficient (Wildman–Crippen LogP) is 3.14. The second kappa shape index (κ2) is 25.3. The van der Waals surface area contributed by atoms with Crippen molar-refractivity contribution in [2.24, 2.45) is 5.92 Å². The summed E-state index contributed by atoms with van der Waals surface area (Å²) in [4.78, 5) is 52.6. The lowest BCUT2D eigenvalue weighted by Crippen LogP contribution is -2.12. The van der Waals surface area contributed by atoms with Crippen molar-refractivity contribution in [1.29, 1.82) is 0 Å². The van der Waals surface area contributed by atoms with E-state index in [1.54, 1.807) is 6.92 Å². The monoisotopic (exact) mass is 512 g/mol.